The fourth-order valence-corrected chi connectivity index (χ4v) is 2.12. The highest BCUT2D eigenvalue weighted by Crippen LogP contribution is 2.43. The van der Waals surface area contributed by atoms with E-state index in [2.05, 4.69) is 10.2 Å². The van der Waals surface area contributed by atoms with Crippen molar-refractivity contribution in [3.8, 4) is 22.8 Å². The summed E-state index contributed by atoms with van der Waals surface area (Å²) in [6.07, 6.45) is 0. The molecule has 0 spiro atoms. The predicted molar refractivity (Wildman–Crippen MR) is 73.8 cm³/mol. The smallest absolute Gasteiger partial charge is 0.353 e. The van der Waals surface area contributed by atoms with Crippen molar-refractivity contribution in [2.45, 2.75) is 6.92 Å². The summed E-state index contributed by atoms with van der Waals surface area (Å²) in [6, 6.07) is 3.06. The summed E-state index contributed by atoms with van der Waals surface area (Å²) < 4.78 is 10.6. The van der Waals surface area contributed by atoms with E-state index < -0.39 is 5.97 Å². The van der Waals surface area contributed by atoms with Gasteiger partial charge in [-0.3, -0.25) is 5.10 Å². The number of hydrogen-bond acceptors (Lipinski definition) is 4. The third-order valence-corrected chi connectivity index (χ3v) is 3.32. The summed E-state index contributed by atoms with van der Waals surface area (Å²) in [7, 11) is 3.00. The number of ether oxygens (including phenoxy) is 2. The zero-order chi connectivity index (χ0) is 14.9. The number of aromatic nitrogens is 2. The molecule has 0 saturated heterocycles. The molecule has 2 rings (SSSR count). The molecule has 106 valence electrons. The summed E-state index contributed by atoms with van der Waals surface area (Å²) >= 11 is 6.16. The molecule has 0 unspecified atom stereocenters. The summed E-state index contributed by atoms with van der Waals surface area (Å²) in [5.41, 5.74) is 1.74. The van der Waals surface area contributed by atoms with Crippen molar-refractivity contribution in [1.29, 1.82) is 0 Å². The van der Waals surface area contributed by atoms with Crippen molar-refractivity contribution in [3.63, 3.8) is 0 Å². The quantitative estimate of drug-likeness (QED) is 0.906. The normalized spacial score (nSPS) is 10.4. The van der Waals surface area contributed by atoms with Gasteiger partial charge in [-0.1, -0.05) is 11.6 Å². The number of aromatic carboxylic acids is 1. The zero-order valence-electron chi connectivity index (χ0n) is 11.2. The van der Waals surface area contributed by atoms with E-state index in [1.807, 2.05) is 0 Å². The molecule has 0 saturated carbocycles. The molecule has 1 aromatic carbocycles. The molecule has 0 radical (unpaired) electrons. The van der Waals surface area contributed by atoms with Crippen molar-refractivity contribution in [1.82, 2.24) is 10.2 Å². The molecular formula is C13H13ClN2O4. The number of nitrogens with one attached hydrogen (secondary N) is 1. The van der Waals surface area contributed by atoms with Gasteiger partial charge >= 0.3 is 5.97 Å². The van der Waals surface area contributed by atoms with E-state index in [1.165, 1.54) is 20.3 Å². The van der Waals surface area contributed by atoms with Crippen LogP contribution in [0.4, 0.5) is 0 Å². The number of carbonyl (C=O) groups is 1. The van der Waals surface area contributed by atoms with E-state index in [0.29, 0.717) is 27.8 Å². The van der Waals surface area contributed by atoms with Crippen molar-refractivity contribution in [3.05, 3.63) is 28.4 Å². The van der Waals surface area contributed by atoms with E-state index in [4.69, 9.17) is 26.2 Å². The van der Waals surface area contributed by atoms with Crippen molar-refractivity contribution < 1.29 is 19.4 Å². The Hall–Kier alpha value is -2.21. The van der Waals surface area contributed by atoms with Crippen LogP contribution in [0.3, 0.4) is 0 Å². The van der Waals surface area contributed by atoms with Crippen LogP contribution in [-0.2, 0) is 0 Å². The van der Waals surface area contributed by atoms with Crippen molar-refractivity contribution in [2.24, 2.45) is 0 Å². The first-order valence-electron chi connectivity index (χ1n) is 5.69. The van der Waals surface area contributed by atoms with E-state index in [-0.39, 0.29) is 5.69 Å². The Bertz CT molecular complexity index is 667. The number of carboxylic acid groups (broad SMARTS) is 1. The van der Waals surface area contributed by atoms with Gasteiger partial charge in [0.1, 0.15) is 5.69 Å². The number of benzene rings is 1. The topological polar surface area (TPSA) is 84.4 Å². The minimum atomic E-state index is -1.09. The molecule has 0 atom stereocenters. The Balaban J connectivity index is 2.70. The van der Waals surface area contributed by atoms with Gasteiger partial charge in [-0.25, -0.2) is 4.79 Å². The lowest BCUT2D eigenvalue weighted by molar-refractivity contribution is 0.0690. The summed E-state index contributed by atoms with van der Waals surface area (Å²) in [5.74, 6) is -0.176. The van der Waals surface area contributed by atoms with E-state index >= 15 is 0 Å². The number of carboxylic acids is 1. The number of aromatic amines is 1. The number of nitrogens with zero attached hydrogens (tertiary/aromatic N) is 1. The van der Waals surface area contributed by atoms with E-state index in [0.717, 1.165) is 5.56 Å². The maximum Gasteiger partial charge on any atom is 0.353 e. The second-order valence-corrected chi connectivity index (χ2v) is 4.47. The van der Waals surface area contributed by atoms with Crippen LogP contribution in [-0.4, -0.2) is 35.5 Å². The molecule has 1 aromatic heterocycles. The fraction of sp³-hybridized carbons (Fsp3) is 0.231. The SMILES string of the molecule is COc1cc(Cl)c(C)c(-c2cc(C(=O)O)[nH]n2)c1OC. The second-order valence-electron chi connectivity index (χ2n) is 4.07. The van der Waals surface area contributed by atoms with Crippen LogP contribution in [0.25, 0.3) is 11.3 Å². The largest absolute Gasteiger partial charge is 0.493 e. The Morgan fingerprint density at radius 2 is 2.05 bits per heavy atom. The van der Waals surface area contributed by atoms with Crippen LogP contribution in [0, 0.1) is 6.92 Å². The molecule has 0 fully saturated rings. The number of methoxy groups -OCH3 is 2. The first-order chi connectivity index (χ1) is 9.49. The van der Waals surface area contributed by atoms with Crippen molar-refractivity contribution in [2.75, 3.05) is 14.2 Å². The van der Waals surface area contributed by atoms with Gasteiger partial charge in [0, 0.05) is 11.1 Å². The highest BCUT2D eigenvalue weighted by molar-refractivity contribution is 6.32. The molecule has 0 aliphatic heterocycles. The average Bonchev–Trinajstić information content (AvgIpc) is 2.90. The lowest BCUT2D eigenvalue weighted by Gasteiger charge is -2.15. The molecule has 2 aromatic rings. The van der Waals surface area contributed by atoms with Crippen LogP contribution in [0.5, 0.6) is 11.5 Å². The van der Waals surface area contributed by atoms with Crippen LogP contribution >= 0.6 is 11.6 Å². The predicted octanol–water partition coefficient (Wildman–Crippen LogP) is 2.75. The summed E-state index contributed by atoms with van der Waals surface area (Å²) in [5, 5.41) is 15.9. The van der Waals surface area contributed by atoms with Gasteiger partial charge in [0.25, 0.3) is 0 Å². The summed E-state index contributed by atoms with van der Waals surface area (Å²) in [4.78, 5) is 10.9. The number of H-pyrrole nitrogens is 1. The van der Waals surface area contributed by atoms with Crippen molar-refractivity contribution >= 4 is 17.6 Å². The zero-order valence-corrected chi connectivity index (χ0v) is 11.9. The van der Waals surface area contributed by atoms with E-state index in [1.54, 1.807) is 13.0 Å². The molecule has 1 heterocycles. The summed E-state index contributed by atoms with van der Waals surface area (Å²) in [6.45, 7) is 1.80. The van der Waals surface area contributed by atoms with Crippen LogP contribution < -0.4 is 9.47 Å². The Morgan fingerprint density at radius 1 is 1.35 bits per heavy atom. The first-order valence-corrected chi connectivity index (χ1v) is 6.07. The fourth-order valence-electron chi connectivity index (χ4n) is 1.92. The van der Waals surface area contributed by atoms with Gasteiger partial charge in [0.15, 0.2) is 11.5 Å². The average molecular weight is 297 g/mol. The molecule has 20 heavy (non-hydrogen) atoms. The third kappa shape index (κ3) is 2.30. The molecular weight excluding hydrogens is 284 g/mol. The first kappa shape index (κ1) is 14.2. The number of hydrogen-bond donors (Lipinski definition) is 2. The van der Waals surface area contributed by atoms with Gasteiger partial charge < -0.3 is 14.6 Å². The Kier molecular flexibility index (Phi) is 3.85. The van der Waals surface area contributed by atoms with Gasteiger partial charge in [-0.15, -0.1) is 0 Å². The third-order valence-electron chi connectivity index (χ3n) is 2.93. The molecule has 0 aliphatic rings. The molecule has 6 nitrogen and oxygen atoms in total. The molecule has 0 amide bonds. The lowest BCUT2D eigenvalue weighted by atomic mass is 10.0. The van der Waals surface area contributed by atoms with E-state index in [9.17, 15) is 4.79 Å². The minimum absolute atomic E-state index is 0.0135. The van der Waals surface area contributed by atoms with Gasteiger partial charge in [-0.05, 0) is 18.6 Å². The molecule has 7 heteroatoms. The standard InChI is InChI=1S/C13H13ClN2O4/c1-6-7(14)4-10(19-2)12(20-3)11(6)8-5-9(13(17)18)16-15-8/h4-5H,1-3H3,(H,15,16)(H,17,18). The molecule has 0 bridgehead atoms. The maximum absolute atomic E-state index is 10.9. The van der Waals surface area contributed by atoms with Crippen LogP contribution in [0.2, 0.25) is 5.02 Å². The monoisotopic (exact) mass is 296 g/mol. The highest BCUT2D eigenvalue weighted by atomic mass is 35.5. The van der Waals surface area contributed by atoms with Crippen LogP contribution in [0.15, 0.2) is 12.1 Å². The Morgan fingerprint density at radius 3 is 2.55 bits per heavy atom. The number of halogens is 1. The maximum atomic E-state index is 10.9. The van der Waals surface area contributed by atoms with Gasteiger partial charge in [0.2, 0.25) is 0 Å². The molecule has 0 aliphatic carbocycles. The number of rotatable bonds is 4. The lowest BCUT2D eigenvalue weighted by Crippen LogP contribution is -1.97. The Labute approximate surface area is 120 Å². The van der Waals surface area contributed by atoms with Gasteiger partial charge in [0.05, 0.1) is 25.5 Å². The highest BCUT2D eigenvalue weighted by Gasteiger charge is 2.21. The second kappa shape index (κ2) is 5.42. The molecule has 2 N–H and O–H groups in total. The van der Waals surface area contributed by atoms with Gasteiger partial charge in [-0.2, -0.15) is 5.10 Å². The van der Waals surface area contributed by atoms with Crippen LogP contribution in [0.1, 0.15) is 16.1 Å². The minimum Gasteiger partial charge on any atom is -0.493 e.